The highest BCUT2D eigenvalue weighted by molar-refractivity contribution is 5.96. The molecule has 1 amide bonds. The number of nitrogens with one attached hydrogen (secondary N) is 1. The van der Waals surface area contributed by atoms with Gasteiger partial charge in [-0.2, -0.15) is 0 Å². The molecule has 1 aliphatic carbocycles. The van der Waals surface area contributed by atoms with Gasteiger partial charge in [-0.25, -0.2) is 0 Å². The Morgan fingerprint density at radius 2 is 1.89 bits per heavy atom. The first-order valence-electron chi connectivity index (χ1n) is 14.6. The first-order valence-corrected chi connectivity index (χ1v) is 14.6. The van der Waals surface area contributed by atoms with Crippen LogP contribution >= 0.6 is 0 Å². The van der Waals surface area contributed by atoms with Crippen LogP contribution in [0.1, 0.15) is 87.6 Å². The average molecular weight is 500 g/mol. The Morgan fingerprint density at radius 1 is 1.08 bits per heavy atom. The van der Waals surface area contributed by atoms with Gasteiger partial charge in [0.25, 0.3) is 5.91 Å². The molecule has 2 heterocycles. The Labute approximate surface area is 224 Å². The minimum atomic E-state index is -0.0653. The summed E-state index contributed by atoms with van der Waals surface area (Å²) < 4.78 is 0. The van der Waals surface area contributed by atoms with Crippen LogP contribution in [0.25, 0.3) is 0 Å². The molecular weight excluding hydrogens is 454 g/mol. The smallest absolute Gasteiger partial charge is 0.255 e. The van der Waals surface area contributed by atoms with Crippen LogP contribution in [-0.4, -0.2) is 48.4 Å². The van der Waals surface area contributed by atoms with Gasteiger partial charge in [0.05, 0.1) is 5.70 Å². The predicted molar refractivity (Wildman–Crippen MR) is 154 cm³/mol. The molecule has 4 nitrogen and oxygen atoms in total. The fourth-order valence-electron chi connectivity index (χ4n) is 5.80. The second-order valence-corrected chi connectivity index (χ2v) is 10.9. The number of hydrogen-bond acceptors (Lipinski definition) is 3. The number of rotatable bonds is 7. The predicted octanol–water partition coefficient (Wildman–Crippen LogP) is 6.52. The van der Waals surface area contributed by atoms with E-state index in [1.54, 1.807) is 0 Å². The normalized spacial score (nSPS) is 21.2. The molecular formula is C33H45N3O. The van der Waals surface area contributed by atoms with Crippen LogP contribution in [0.2, 0.25) is 0 Å². The lowest BCUT2D eigenvalue weighted by Crippen LogP contribution is -2.39. The van der Waals surface area contributed by atoms with Crippen molar-refractivity contribution in [2.24, 2.45) is 11.8 Å². The maximum absolute atomic E-state index is 13.3. The van der Waals surface area contributed by atoms with E-state index in [9.17, 15) is 4.79 Å². The van der Waals surface area contributed by atoms with Gasteiger partial charge in [0.2, 0.25) is 0 Å². The summed E-state index contributed by atoms with van der Waals surface area (Å²) in [5.41, 5.74) is 3.77. The molecule has 1 N–H and O–H groups in total. The van der Waals surface area contributed by atoms with Gasteiger partial charge in [0.1, 0.15) is 0 Å². The van der Waals surface area contributed by atoms with E-state index in [-0.39, 0.29) is 5.91 Å². The third-order valence-electron chi connectivity index (χ3n) is 7.98. The summed E-state index contributed by atoms with van der Waals surface area (Å²) in [4.78, 5) is 18.6. The first-order chi connectivity index (χ1) is 18.1. The maximum Gasteiger partial charge on any atom is 0.255 e. The summed E-state index contributed by atoms with van der Waals surface area (Å²) in [6.45, 7) is 10.4. The third kappa shape index (κ3) is 8.11. The zero-order valence-corrected chi connectivity index (χ0v) is 23.0. The van der Waals surface area contributed by atoms with E-state index in [0.717, 1.165) is 49.5 Å². The molecule has 0 bridgehead atoms. The quantitative estimate of drug-likeness (QED) is 0.434. The number of amides is 1. The fraction of sp³-hybridized carbons (Fsp3) is 0.545. The number of benzene rings is 1. The molecule has 1 unspecified atom stereocenters. The van der Waals surface area contributed by atoms with Crippen molar-refractivity contribution in [2.45, 2.75) is 71.6 Å². The Balaban J connectivity index is 1.44. The second kappa shape index (κ2) is 14.2. The molecule has 1 aromatic carbocycles. The lowest BCUT2D eigenvalue weighted by atomic mass is 9.90. The largest absolute Gasteiger partial charge is 0.373 e. The average Bonchev–Trinajstić information content (AvgIpc) is 2.92. The molecule has 0 spiro atoms. The van der Waals surface area contributed by atoms with E-state index in [4.69, 9.17) is 0 Å². The molecule has 2 fully saturated rings. The number of unbranched alkanes of at least 4 members (excludes halogenated alkanes) is 1. The van der Waals surface area contributed by atoms with Gasteiger partial charge in [-0.3, -0.25) is 4.79 Å². The van der Waals surface area contributed by atoms with Crippen LogP contribution in [0.4, 0.5) is 0 Å². The minimum absolute atomic E-state index is 0.0653. The summed E-state index contributed by atoms with van der Waals surface area (Å²) in [6, 6.07) is 7.68. The molecule has 198 valence electrons. The zero-order chi connectivity index (χ0) is 25.9. The van der Waals surface area contributed by atoms with E-state index >= 15 is 0 Å². The fourth-order valence-corrected chi connectivity index (χ4v) is 5.80. The molecule has 4 rings (SSSR count). The summed E-state index contributed by atoms with van der Waals surface area (Å²) in [5.74, 6) is 7.47. The van der Waals surface area contributed by atoms with E-state index in [0.29, 0.717) is 11.5 Å². The first kappa shape index (κ1) is 27.3. The van der Waals surface area contributed by atoms with Crippen LogP contribution in [0.5, 0.6) is 0 Å². The van der Waals surface area contributed by atoms with Gasteiger partial charge in [0, 0.05) is 42.3 Å². The van der Waals surface area contributed by atoms with Gasteiger partial charge in [-0.15, -0.1) is 0 Å². The molecule has 3 aliphatic rings. The SMILES string of the molecule is CCCC#Cc1cccc(C(=O)NC2=C(N3CCC(CCN4CCCCC4)CC3)C(C)CC=CC=C2)c1. The number of allylic oxidation sites excluding steroid dienone is 5. The van der Waals surface area contributed by atoms with Gasteiger partial charge >= 0.3 is 0 Å². The van der Waals surface area contributed by atoms with Gasteiger partial charge < -0.3 is 15.1 Å². The van der Waals surface area contributed by atoms with E-state index in [1.807, 2.05) is 24.3 Å². The molecule has 1 aromatic rings. The number of carbonyl (C=O) groups is 1. The number of nitrogens with zero attached hydrogens (tertiary/aromatic N) is 2. The maximum atomic E-state index is 13.3. The van der Waals surface area contributed by atoms with Crippen molar-refractivity contribution in [3.63, 3.8) is 0 Å². The Morgan fingerprint density at radius 3 is 2.68 bits per heavy atom. The number of piperidine rings is 2. The molecule has 2 aliphatic heterocycles. The lowest BCUT2D eigenvalue weighted by molar-refractivity contribution is 0.0964. The number of hydrogen-bond donors (Lipinski definition) is 1. The van der Waals surface area contributed by atoms with Crippen LogP contribution in [0, 0.1) is 23.7 Å². The number of carbonyl (C=O) groups excluding carboxylic acids is 1. The van der Waals surface area contributed by atoms with Gasteiger partial charge in [-0.05, 0) is 94.8 Å². The number of likely N-dealkylation sites (tertiary alicyclic amines) is 2. The Kier molecular flexibility index (Phi) is 10.5. The molecule has 37 heavy (non-hydrogen) atoms. The highest BCUT2D eigenvalue weighted by Gasteiger charge is 2.26. The van der Waals surface area contributed by atoms with E-state index in [1.165, 1.54) is 63.9 Å². The standard InChI is InChI=1S/C33H45N3O/c1-3-4-7-14-29-15-12-16-30(26-29)33(37)34-31-17-9-5-8-13-27(2)32(31)36-24-19-28(20-25-36)18-23-35-21-10-6-11-22-35/h5,8-9,12,15-17,26-28H,3-4,6,10-11,13,18-25H2,1-2H3,(H,34,37). The molecule has 4 heteroatoms. The zero-order valence-electron chi connectivity index (χ0n) is 23.0. The summed E-state index contributed by atoms with van der Waals surface area (Å²) in [5, 5.41) is 3.28. The highest BCUT2D eigenvalue weighted by Crippen LogP contribution is 2.30. The van der Waals surface area contributed by atoms with E-state index in [2.05, 4.69) is 65.1 Å². The van der Waals surface area contributed by atoms with Crippen molar-refractivity contribution in [1.29, 1.82) is 0 Å². The highest BCUT2D eigenvalue weighted by atomic mass is 16.1. The Hall–Kier alpha value is -2.77. The van der Waals surface area contributed by atoms with Crippen molar-refractivity contribution in [3.8, 4) is 11.8 Å². The summed E-state index contributed by atoms with van der Waals surface area (Å²) in [6.07, 6.45) is 19.3. The van der Waals surface area contributed by atoms with Gasteiger partial charge in [-0.1, -0.05) is 56.4 Å². The third-order valence-corrected chi connectivity index (χ3v) is 7.98. The molecule has 0 aromatic heterocycles. The van der Waals surface area contributed by atoms with Crippen LogP contribution in [0.15, 0.2) is 60.0 Å². The Bertz CT molecular complexity index is 1040. The molecule has 2 saturated heterocycles. The van der Waals surface area contributed by atoms with Crippen molar-refractivity contribution in [2.75, 3.05) is 32.7 Å². The monoisotopic (exact) mass is 499 g/mol. The molecule has 0 saturated carbocycles. The summed E-state index contributed by atoms with van der Waals surface area (Å²) >= 11 is 0. The van der Waals surface area contributed by atoms with Crippen molar-refractivity contribution >= 4 is 5.91 Å². The van der Waals surface area contributed by atoms with Crippen LogP contribution < -0.4 is 5.32 Å². The second-order valence-electron chi connectivity index (χ2n) is 10.9. The topological polar surface area (TPSA) is 35.6 Å². The van der Waals surface area contributed by atoms with Crippen molar-refractivity contribution in [1.82, 2.24) is 15.1 Å². The van der Waals surface area contributed by atoms with Crippen molar-refractivity contribution < 1.29 is 4.79 Å². The van der Waals surface area contributed by atoms with Crippen molar-refractivity contribution in [3.05, 3.63) is 71.1 Å². The van der Waals surface area contributed by atoms with Crippen LogP contribution in [-0.2, 0) is 0 Å². The molecule has 1 atom stereocenters. The van der Waals surface area contributed by atoms with Crippen LogP contribution in [0.3, 0.4) is 0 Å². The molecule has 0 radical (unpaired) electrons. The van der Waals surface area contributed by atoms with E-state index < -0.39 is 0 Å². The summed E-state index contributed by atoms with van der Waals surface area (Å²) in [7, 11) is 0. The minimum Gasteiger partial charge on any atom is -0.373 e. The van der Waals surface area contributed by atoms with Gasteiger partial charge in [0.15, 0.2) is 0 Å². The lowest BCUT2D eigenvalue weighted by Gasteiger charge is -2.39.